The summed E-state index contributed by atoms with van der Waals surface area (Å²) in [5.41, 5.74) is -1.08. The maximum absolute atomic E-state index is 12.0. The van der Waals surface area contributed by atoms with E-state index in [1.165, 1.54) is 6.92 Å². The molecule has 0 spiro atoms. The molecule has 0 saturated heterocycles. The zero-order valence-electron chi connectivity index (χ0n) is 9.22. The molecule has 0 atom stereocenters. The van der Waals surface area contributed by atoms with Crippen LogP contribution in [0.2, 0.25) is 0 Å². The molecule has 0 saturated carbocycles. The van der Waals surface area contributed by atoms with Crippen molar-refractivity contribution in [1.29, 1.82) is 0 Å². The van der Waals surface area contributed by atoms with Crippen molar-refractivity contribution in [1.82, 2.24) is 9.55 Å². The van der Waals surface area contributed by atoms with Gasteiger partial charge in [-0.2, -0.15) is 0 Å². The molecule has 18 heavy (non-hydrogen) atoms. The predicted octanol–water partition coefficient (Wildman–Crippen LogP) is -0.0432. The monoisotopic (exact) mass is 268 g/mol. The second-order valence-electron chi connectivity index (χ2n) is 3.58. The van der Waals surface area contributed by atoms with Gasteiger partial charge in [-0.15, -0.1) is 11.3 Å². The van der Waals surface area contributed by atoms with Crippen molar-refractivity contribution in [3.8, 4) is 0 Å². The first kappa shape index (κ1) is 12.2. The van der Waals surface area contributed by atoms with Gasteiger partial charge in [0, 0.05) is 0 Å². The lowest BCUT2D eigenvalue weighted by Crippen LogP contribution is -2.35. The molecule has 2 aromatic heterocycles. The average Bonchev–Trinajstić information content (AvgIpc) is 2.62. The molecule has 2 rings (SSSR count). The van der Waals surface area contributed by atoms with Gasteiger partial charge in [-0.05, 0) is 12.5 Å². The Bertz CT molecular complexity index is 767. The van der Waals surface area contributed by atoms with Crippen LogP contribution in [0.1, 0.15) is 15.2 Å². The minimum Gasteiger partial charge on any atom is -0.477 e. The van der Waals surface area contributed by atoms with Crippen molar-refractivity contribution in [3.63, 3.8) is 0 Å². The number of rotatable bonds is 3. The number of carbonyl (C=O) groups is 2. The van der Waals surface area contributed by atoms with Gasteiger partial charge in [0.05, 0.1) is 11.9 Å². The Morgan fingerprint density at radius 1 is 1.50 bits per heavy atom. The van der Waals surface area contributed by atoms with E-state index in [0.29, 0.717) is 11.8 Å². The number of H-pyrrole nitrogens is 1. The van der Waals surface area contributed by atoms with Crippen molar-refractivity contribution in [2.45, 2.75) is 13.5 Å². The molecule has 0 aliphatic carbocycles. The molecule has 0 aliphatic heterocycles. The number of hydrogen-bond acceptors (Lipinski definition) is 5. The number of nitrogens with one attached hydrogen (secondary N) is 1. The Hall–Kier alpha value is -2.22. The molecule has 94 valence electrons. The highest BCUT2D eigenvalue weighted by molar-refractivity contribution is 7.20. The van der Waals surface area contributed by atoms with Crippen LogP contribution in [0.15, 0.2) is 9.59 Å². The zero-order chi connectivity index (χ0) is 13.4. The summed E-state index contributed by atoms with van der Waals surface area (Å²) in [4.78, 5) is 47.5. The van der Waals surface area contributed by atoms with E-state index in [1.807, 2.05) is 0 Å². The standard InChI is InChI=1S/C10H8N2O5S/c1-4-5-7(18-6(4)9(15)16)11-10(17)12(2-3-13)8(5)14/h3H,2H2,1H3,(H,11,17)(H,15,16). The molecule has 7 nitrogen and oxygen atoms in total. The molecule has 0 fully saturated rings. The summed E-state index contributed by atoms with van der Waals surface area (Å²) >= 11 is 0.830. The van der Waals surface area contributed by atoms with E-state index >= 15 is 0 Å². The minimum atomic E-state index is -1.16. The van der Waals surface area contributed by atoms with E-state index < -0.39 is 17.2 Å². The number of carbonyl (C=O) groups excluding carboxylic acids is 1. The normalized spacial score (nSPS) is 10.7. The van der Waals surface area contributed by atoms with Crippen LogP contribution in [0.25, 0.3) is 10.2 Å². The average molecular weight is 268 g/mol. The quantitative estimate of drug-likeness (QED) is 0.759. The van der Waals surface area contributed by atoms with Crippen LogP contribution in [0.4, 0.5) is 0 Å². The molecule has 0 bridgehead atoms. The van der Waals surface area contributed by atoms with Crippen molar-refractivity contribution < 1.29 is 14.7 Å². The Kier molecular flexibility index (Phi) is 2.87. The van der Waals surface area contributed by atoms with Gasteiger partial charge in [0.15, 0.2) is 0 Å². The number of aldehydes is 1. The molecule has 2 N–H and O–H groups in total. The summed E-state index contributed by atoms with van der Waals surface area (Å²) in [6.45, 7) is 1.13. The number of carboxylic acid groups (broad SMARTS) is 1. The van der Waals surface area contributed by atoms with E-state index in [1.54, 1.807) is 0 Å². The second-order valence-corrected chi connectivity index (χ2v) is 4.60. The Morgan fingerprint density at radius 3 is 2.72 bits per heavy atom. The fourth-order valence-electron chi connectivity index (χ4n) is 1.70. The Labute approximate surface area is 103 Å². The van der Waals surface area contributed by atoms with Gasteiger partial charge in [0.1, 0.15) is 16.0 Å². The molecule has 0 aromatic carbocycles. The summed E-state index contributed by atoms with van der Waals surface area (Å²) in [7, 11) is 0. The first-order valence-corrected chi connectivity index (χ1v) is 5.72. The summed E-state index contributed by atoms with van der Waals surface area (Å²) in [5, 5.41) is 9.09. The van der Waals surface area contributed by atoms with Crippen molar-refractivity contribution in [3.05, 3.63) is 31.3 Å². The van der Waals surface area contributed by atoms with E-state index in [2.05, 4.69) is 4.98 Å². The van der Waals surface area contributed by atoms with Crippen LogP contribution in [-0.2, 0) is 11.3 Å². The molecular formula is C10H8N2O5S. The van der Waals surface area contributed by atoms with Crippen LogP contribution in [0, 0.1) is 6.92 Å². The largest absolute Gasteiger partial charge is 0.477 e. The maximum atomic E-state index is 12.0. The number of aromatic carboxylic acids is 1. The van der Waals surface area contributed by atoms with Crippen molar-refractivity contribution in [2.75, 3.05) is 0 Å². The molecule has 8 heteroatoms. The van der Waals surface area contributed by atoms with Crippen LogP contribution in [-0.4, -0.2) is 26.9 Å². The lowest BCUT2D eigenvalue weighted by Gasteiger charge is -1.99. The van der Waals surface area contributed by atoms with E-state index in [0.717, 1.165) is 15.9 Å². The van der Waals surface area contributed by atoms with Gasteiger partial charge in [-0.3, -0.25) is 14.3 Å². The minimum absolute atomic E-state index is 0.00148. The van der Waals surface area contributed by atoms with Gasteiger partial charge >= 0.3 is 11.7 Å². The molecule has 0 radical (unpaired) electrons. The number of carboxylic acids is 1. The second kappa shape index (κ2) is 4.22. The number of fused-ring (bicyclic) bond motifs is 1. The first-order valence-electron chi connectivity index (χ1n) is 4.90. The van der Waals surface area contributed by atoms with Gasteiger partial charge in [0.2, 0.25) is 0 Å². The zero-order valence-corrected chi connectivity index (χ0v) is 10.0. The highest BCUT2D eigenvalue weighted by Gasteiger charge is 2.19. The third-order valence-electron chi connectivity index (χ3n) is 2.52. The highest BCUT2D eigenvalue weighted by atomic mass is 32.1. The third-order valence-corrected chi connectivity index (χ3v) is 3.72. The van der Waals surface area contributed by atoms with Gasteiger partial charge < -0.3 is 9.90 Å². The molecule has 2 heterocycles. The molecular weight excluding hydrogens is 260 g/mol. The van der Waals surface area contributed by atoms with E-state index in [9.17, 15) is 19.2 Å². The van der Waals surface area contributed by atoms with Gasteiger partial charge in [0.25, 0.3) is 5.56 Å². The summed E-state index contributed by atoms with van der Waals surface area (Å²) < 4.78 is 0.737. The number of nitrogens with zero attached hydrogens (tertiary/aromatic N) is 1. The lowest BCUT2D eigenvalue weighted by atomic mass is 10.2. The lowest BCUT2D eigenvalue weighted by molar-refractivity contribution is -0.108. The summed E-state index contributed by atoms with van der Waals surface area (Å²) in [6.07, 6.45) is 0.433. The number of thiophene rings is 1. The maximum Gasteiger partial charge on any atom is 0.346 e. The first-order chi connectivity index (χ1) is 8.47. The smallest absolute Gasteiger partial charge is 0.346 e. The molecule has 0 unspecified atom stereocenters. The van der Waals surface area contributed by atoms with Crippen LogP contribution < -0.4 is 11.2 Å². The summed E-state index contributed by atoms with van der Waals surface area (Å²) in [5.74, 6) is -1.16. The van der Waals surface area contributed by atoms with Crippen LogP contribution in [0.3, 0.4) is 0 Å². The fraction of sp³-hybridized carbons (Fsp3) is 0.200. The molecule has 2 aromatic rings. The highest BCUT2D eigenvalue weighted by Crippen LogP contribution is 2.25. The summed E-state index contributed by atoms with van der Waals surface area (Å²) in [6, 6.07) is 0. The molecule has 0 aliphatic rings. The molecule has 0 amide bonds. The van der Waals surface area contributed by atoms with Crippen molar-refractivity contribution >= 4 is 33.8 Å². The fourth-order valence-corrected chi connectivity index (χ4v) is 2.72. The van der Waals surface area contributed by atoms with Gasteiger partial charge in [-0.1, -0.05) is 0 Å². The number of aromatic amines is 1. The SMILES string of the molecule is Cc1c(C(=O)O)sc2[nH]c(=O)n(CC=O)c(=O)c12. The topological polar surface area (TPSA) is 109 Å². The van der Waals surface area contributed by atoms with E-state index in [4.69, 9.17) is 5.11 Å². The number of aromatic nitrogens is 2. The van der Waals surface area contributed by atoms with E-state index in [-0.39, 0.29) is 21.6 Å². The van der Waals surface area contributed by atoms with Crippen molar-refractivity contribution in [2.24, 2.45) is 0 Å². The number of hydrogen-bond donors (Lipinski definition) is 2. The Balaban J connectivity index is 2.93. The number of aryl methyl sites for hydroxylation is 1. The Morgan fingerprint density at radius 2 is 2.17 bits per heavy atom. The van der Waals surface area contributed by atoms with Crippen LogP contribution in [0.5, 0.6) is 0 Å². The predicted molar refractivity (Wildman–Crippen MR) is 64.5 cm³/mol. The van der Waals surface area contributed by atoms with Crippen LogP contribution >= 0.6 is 11.3 Å². The third kappa shape index (κ3) is 1.66. The van der Waals surface area contributed by atoms with Gasteiger partial charge in [-0.25, -0.2) is 9.59 Å².